The smallest absolute Gasteiger partial charge is 0.315 e. The van der Waals surface area contributed by atoms with E-state index in [1.807, 2.05) is 25.1 Å². The first-order chi connectivity index (χ1) is 10.7. The number of nitrogens with zero attached hydrogens (tertiary/aromatic N) is 3. The summed E-state index contributed by atoms with van der Waals surface area (Å²) in [6.07, 6.45) is 6.23. The Balaban J connectivity index is 1.82. The van der Waals surface area contributed by atoms with E-state index >= 15 is 0 Å². The monoisotopic (exact) mass is 303 g/mol. The Bertz CT molecular complexity index is 585. The minimum absolute atomic E-state index is 0.258. The molecule has 0 saturated heterocycles. The van der Waals surface area contributed by atoms with Crippen LogP contribution in [0.5, 0.6) is 0 Å². The number of pyridine rings is 1. The molecular weight excluding hydrogens is 282 g/mol. The number of rotatable bonds is 7. The highest BCUT2D eigenvalue weighted by Crippen LogP contribution is 2.05. The molecule has 2 amide bonds. The first-order valence-electron chi connectivity index (χ1n) is 7.33. The molecule has 0 aliphatic carbocycles. The molecule has 22 heavy (non-hydrogen) atoms. The summed E-state index contributed by atoms with van der Waals surface area (Å²) < 4.78 is 1.66. The summed E-state index contributed by atoms with van der Waals surface area (Å²) in [4.78, 5) is 15.9. The normalized spacial score (nSPS) is 11.9. The Kier molecular flexibility index (Phi) is 5.91. The van der Waals surface area contributed by atoms with Crippen LogP contribution >= 0.6 is 0 Å². The van der Waals surface area contributed by atoms with Gasteiger partial charge in [-0.3, -0.25) is 0 Å². The van der Waals surface area contributed by atoms with E-state index in [9.17, 15) is 9.90 Å². The molecule has 1 atom stereocenters. The molecule has 1 unspecified atom stereocenters. The second-order valence-electron chi connectivity index (χ2n) is 4.98. The van der Waals surface area contributed by atoms with Crippen LogP contribution < -0.4 is 10.6 Å². The third-order valence-corrected chi connectivity index (χ3v) is 3.12. The molecule has 0 saturated carbocycles. The van der Waals surface area contributed by atoms with Gasteiger partial charge in [0.05, 0.1) is 6.10 Å². The van der Waals surface area contributed by atoms with Crippen molar-refractivity contribution in [3.63, 3.8) is 0 Å². The first-order valence-corrected chi connectivity index (χ1v) is 7.33. The largest absolute Gasteiger partial charge is 0.391 e. The summed E-state index contributed by atoms with van der Waals surface area (Å²) in [5, 5.41) is 19.1. The Hall–Kier alpha value is -2.41. The molecule has 118 valence electrons. The van der Waals surface area contributed by atoms with Crippen molar-refractivity contribution in [2.75, 3.05) is 6.54 Å². The van der Waals surface area contributed by atoms with Crippen molar-refractivity contribution in [3.05, 3.63) is 42.4 Å². The van der Waals surface area contributed by atoms with Crippen molar-refractivity contribution in [2.24, 2.45) is 0 Å². The second-order valence-corrected chi connectivity index (χ2v) is 4.98. The standard InChI is InChI=1S/C15H21N5O2/c1-2-4-13(21)11-18-15(22)17-10-12-5-7-16-14(9-12)20-8-3-6-19-20/h3,5-9,13,21H,2,4,10-11H2,1H3,(H2,17,18,22). The van der Waals surface area contributed by atoms with E-state index in [1.165, 1.54) is 0 Å². The Morgan fingerprint density at radius 2 is 2.27 bits per heavy atom. The zero-order valence-electron chi connectivity index (χ0n) is 12.6. The van der Waals surface area contributed by atoms with Crippen molar-refractivity contribution in [2.45, 2.75) is 32.4 Å². The quantitative estimate of drug-likeness (QED) is 0.717. The number of hydrogen-bond acceptors (Lipinski definition) is 4. The van der Waals surface area contributed by atoms with Gasteiger partial charge in [0.2, 0.25) is 0 Å². The molecule has 2 rings (SSSR count). The lowest BCUT2D eigenvalue weighted by molar-refractivity contribution is 0.160. The van der Waals surface area contributed by atoms with Crippen molar-refractivity contribution in [1.82, 2.24) is 25.4 Å². The summed E-state index contributed by atoms with van der Waals surface area (Å²) >= 11 is 0. The first kappa shape index (κ1) is 16.0. The van der Waals surface area contributed by atoms with Crippen molar-refractivity contribution in [1.29, 1.82) is 0 Å². The SMILES string of the molecule is CCCC(O)CNC(=O)NCc1ccnc(-n2cccn2)c1. The molecule has 0 radical (unpaired) electrons. The molecule has 2 aromatic rings. The van der Waals surface area contributed by atoms with Crippen LogP contribution in [0.3, 0.4) is 0 Å². The Morgan fingerprint density at radius 3 is 3.00 bits per heavy atom. The van der Waals surface area contributed by atoms with Gasteiger partial charge in [-0.15, -0.1) is 0 Å². The molecule has 0 spiro atoms. The molecule has 3 N–H and O–H groups in total. The van der Waals surface area contributed by atoms with Gasteiger partial charge >= 0.3 is 6.03 Å². The minimum atomic E-state index is -0.497. The molecule has 0 aliphatic heterocycles. The zero-order chi connectivity index (χ0) is 15.8. The predicted molar refractivity (Wildman–Crippen MR) is 82.5 cm³/mol. The van der Waals surface area contributed by atoms with Crippen LogP contribution in [0.15, 0.2) is 36.8 Å². The lowest BCUT2D eigenvalue weighted by Crippen LogP contribution is -2.39. The number of aromatic nitrogens is 3. The molecule has 0 aliphatic rings. The van der Waals surface area contributed by atoms with Crippen LogP contribution in [-0.4, -0.2) is 38.6 Å². The number of urea groups is 1. The van der Waals surface area contributed by atoms with Gasteiger partial charge in [-0.05, 0) is 30.2 Å². The molecule has 0 fully saturated rings. The lowest BCUT2D eigenvalue weighted by Gasteiger charge is -2.12. The van der Waals surface area contributed by atoms with E-state index in [2.05, 4.69) is 20.7 Å². The highest BCUT2D eigenvalue weighted by Gasteiger charge is 2.06. The highest BCUT2D eigenvalue weighted by molar-refractivity contribution is 5.73. The third-order valence-electron chi connectivity index (χ3n) is 3.12. The highest BCUT2D eigenvalue weighted by atomic mass is 16.3. The molecular formula is C15H21N5O2. The van der Waals surface area contributed by atoms with E-state index in [-0.39, 0.29) is 12.6 Å². The summed E-state index contributed by atoms with van der Waals surface area (Å²) in [7, 11) is 0. The van der Waals surface area contributed by atoms with Gasteiger partial charge < -0.3 is 15.7 Å². The maximum absolute atomic E-state index is 11.7. The summed E-state index contributed by atoms with van der Waals surface area (Å²) in [5.41, 5.74) is 0.921. The van der Waals surface area contributed by atoms with Crippen LogP contribution in [0.2, 0.25) is 0 Å². The molecule has 0 aromatic carbocycles. The van der Waals surface area contributed by atoms with Crippen LogP contribution in [-0.2, 0) is 6.54 Å². The molecule has 2 aromatic heterocycles. The second kappa shape index (κ2) is 8.14. The van der Waals surface area contributed by atoms with Crippen LogP contribution in [0, 0.1) is 0 Å². The number of aliphatic hydroxyl groups is 1. The maximum atomic E-state index is 11.7. The average molecular weight is 303 g/mol. The lowest BCUT2D eigenvalue weighted by atomic mass is 10.2. The van der Waals surface area contributed by atoms with Gasteiger partial charge in [-0.2, -0.15) is 5.10 Å². The van der Waals surface area contributed by atoms with Crippen molar-refractivity contribution >= 4 is 6.03 Å². The fourth-order valence-electron chi connectivity index (χ4n) is 1.99. The fraction of sp³-hybridized carbons (Fsp3) is 0.400. The van der Waals surface area contributed by atoms with Crippen molar-refractivity contribution < 1.29 is 9.90 Å². The Morgan fingerprint density at radius 1 is 1.41 bits per heavy atom. The van der Waals surface area contributed by atoms with Gasteiger partial charge in [0.25, 0.3) is 0 Å². The van der Waals surface area contributed by atoms with Gasteiger partial charge in [0, 0.05) is 31.7 Å². The van der Waals surface area contributed by atoms with Gasteiger partial charge in [0.15, 0.2) is 5.82 Å². The molecule has 2 heterocycles. The number of carbonyl (C=O) groups excluding carboxylic acids is 1. The average Bonchev–Trinajstić information content (AvgIpc) is 3.06. The fourth-order valence-corrected chi connectivity index (χ4v) is 1.99. The van der Waals surface area contributed by atoms with E-state index in [4.69, 9.17) is 0 Å². The van der Waals surface area contributed by atoms with Crippen LogP contribution in [0.25, 0.3) is 5.82 Å². The maximum Gasteiger partial charge on any atom is 0.315 e. The van der Waals surface area contributed by atoms with E-state index in [1.54, 1.807) is 23.3 Å². The zero-order valence-corrected chi connectivity index (χ0v) is 12.6. The van der Waals surface area contributed by atoms with E-state index in [0.717, 1.165) is 12.0 Å². The summed E-state index contributed by atoms with van der Waals surface area (Å²) in [6.45, 7) is 2.63. The topological polar surface area (TPSA) is 92.1 Å². The van der Waals surface area contributed by atoms with Crippen molar-refractivity contribution in [3.8, 4) is 5.82 Å². The summed E-state index contributed by atoms with van der Waals surface area (Å²) in [5.74, 6) is 0.697. The predicted octanol–water partition coefficient (Wildman–Crippen LogP) is 1.23. The van der Waals surface area contributed by atoms with Gasteiger partial charge in [0.1, 0.15) is 0 Å². The third kappa shape index (κ3) is 4.85. The van der Waals surface area contributed by atoms with Crippen LogP contribution in [0.4, 0.5) is 4.79 Å². The Labute approximate surface area is 129 Å². The summed E-state index contributed by atoms with van der Waals surface area (Å²) in [6, 6.07) is 5.22. The van der Waals surface area contributed by atoms with Gasteiger partial charge in [-0.1, -0.05) is 13.3 Å². The number of amides is 2. The number of hydrogen-bond donors (Lipinski definition) is 3. The van der Waals surface area contributed by atoms with Crippen LogP contribution in [0.1, 0.15) is 25.3 Å². The van der Waals surface area contributed by atoms with E-state index < -0.39 is 6.10 Å². The number of nitrogens with one attached hydrogen (secondary N) is 2. The number of aliphatic hydroxyl groups excluding tert-OH is 1. The minimum Gasteiger partial charge on any atom is -0.391 e. The van der Waals surface area contributed by atoms with E-state index in [0.29, 0.717) is 18.8 Å². The number of carbonyl (C=O) groups is 1. The molecule has 7 nitrogen and oxygen atoms in total. The van der Waals surface area contributed by atoms with Gasteiger partial charge in [-0.25, -0.2) is 14.5 Å². The molecule has 7 heteroatoms. The molecule has 0 bridgehead atoms.